The second-order valence-corrected chi connectivity index (χ2v) is 4.33. The minimum Gasteiger partial charge on any atom is -0.380 e. The Morgan fingerprint density at radius 3 is 2.60 bits per heavy atom. The molecule has 0 bridgehead atoms. The minimum absolute atomic E-state index is 0.0638. The molecule has 1 fully saturated rings. The molecule has 9 heteroatoms. The van der Waals surface area contributed by atoms with E-state index in [9.17, 15) is 28.1 Å². The highest BCUT2D eigenvalue weighted by molar-refractivity contribution is 5.79. The SMILES string of the molecule is O=C1CC(Nc2ccc([N+](=O)[O-])cc2C(F)(F)F)CN1. The molecule has 20 heavy (non-hydrogen) atoms. The molecule has 108 valence electrons. The van der Waals surface area contributed by atoms with Crippen molar-refractivity contribution in [3.05, 3.63) is 33.9 Å². The average Bonchev–Trinajstić information content (AvgIpc) is 2.73. The van der Waals surface area contributed by atoms with E-state index < -0.39 is 28.4 Å². The first-order chi connectivity index (χ1) is 9.27. The van der Waals surface area contributed by atoms with E-state index in [-0.39, 0.29) is 24.6 Å². The molecule has 0 aliphatic carbocycles. The second kappa shape index (κ2) is 4.99. The van der Waals surface area contributed by atoms with Gasteiger partial charge < -0.3 is 10.6 Å². The number of nitro groups is 1. The Morgan fingerprint density at radius 1 is 1.40 bits per heavy atom. The summed E-state index contributed by atoms with van der Waals surface area (Å²) in [6.07, 6.45) is -4.65. The maximum absolute atomic E-state index is 12.9. The van der Waals surface area contributed by atoms with Crippen LogP contribution in [0.3, 0.4) is 0 Å². The van der Waals surface area contributed by atoms with E-state index in [1.165, 1.54) is 0 Å². The fourth-order valence-electron chi connectivity index (χ4n) is 1.93. The minimum atomic E-state index is -4.72. The molecule has 0 aromatic heterocycles. The number of benzene rings is 1. The van der Waals surface area contributed by atoms with Crippen molar-refractivity contribution in [1.29, 1.82) is 0 Å². The number of halogens is 3. The number of nitrogens with one attached hydrogen (secondary N) is 2. The maximum atomic E-state index is 12.9. The lowest BCUT2D eigenvalue weighted by Crippen LogP contribution is -2.24. The van der Waals surface area contributed by atoms with Gasteiger partial charge in [-0.05, 0) is 6.07 Å². The Balaban J connectivity index is 2.32. The molecule has 1 saturated heterocycles. The summed E-state index contributed by atoms with van der Waals surface area (Å²) in [6.45, 7) is 0.215. The van der Waals surface area contributed by atoms with Crippen molar-refractivity contribution in [1.82, 2.24) is 5.32 Å². The number of hydrogen-bond acceptors (Lipinski definition) is 4. The standard InChI is InChI=1S/C11H10F3N3O3/c12-11(13,14)8-4-7(17(19)20)1-2-9(8)16-6-3-10(18)15-5-6/h1-2,4,6,16H,3,5H2,(H,15,18). The highest BCUT2D eigenvalue weighted by atomic mass is 19.4. The van der Waals surface area contributed by atoms with Crippen molar-refractivity contribution in [2.75, 3.05) is 11.9 Å². The average molecular weight is 289 g/mol. The first-order valence-corrected chi connectivity index (χ1v) is 5.66. The predicted octanol–water partition coefficient (Wildman–Crippen LogP) is 1.91. The van der Waals surface area contributed by atoms with Crippen LogP contribution in [0.4, 0.5) is 24.5 Å². The normalized spacial score (nSPS) is 18.8. The van der Waals surface area contributed by atoms with E-state index >= 15 is 0 Å². The molecule has 1 aliphatic rings. The van der Waals surface area contributed by atoms with E-state index in [1.54, 1.807) is 0 Å². The topological polar surface area (TPSA) is 84.3 Å². The van der Waals surface area contributed by atoms with E-state index in [4.69, 9.17) is 0 Å². The van der Waals surface area contributed by atoms with Gasteiger partial charge in [0.25, 0.3) is 5.69 Å². The van der Waals surface area contributed by atoms with Crippen LogP contribution in [0.15, 0.2) is 18.2 Å². The molecule has 1 unspecified atom stereocenters. The van der Waals surface area contributed by atoms with Crippen molar-refractivity contribution in [2.24, 2.45) is 0 Å². The number of carbonyl (C=O) groups is 1. The van der Waals surface area contributed by atoms with Gasteiger partial charge in [0.2, 0.25) is 5.91 Å². The van der Waals surface area contributed by atoms with Crippen molar-refractivity contribution in [3.63, 3.8) is 0 Å². The molecular weight excluding hydrogens is 279 g/mol. The molecule has 1 atom stereocenters. The first kappa shape index (κ1) is 14.1. The third kappa shape index (κ3) is 2.98. The Labute approximate surface area is 111 Å². The highest BCUT2D eigenvalue weighted by Crippen LogP contribution is 2.37. The number of nitrogens with zero attached hydrogens (tertiary/aromatic N) is 1. The number of nitro benzene ring substituents is 1. The summed E-state index contributed by atoms with van der Waals surface area (Å²) in [5.74, 6) is -0.252. The lowest BCUT2D eigenvalue weighted by atomic mass is 10.1. The quantitative estimate of drug-likeness (QED) is 0.657. The number of amides is 1. The summed E-state index contributed by atoms with van der Waals surface area (Å²) in [4.78, 5) is 20.7. The summed E-state index contributed by atoms with van der Waals surface area (Å²) in [5, 5.41) is 15.6. The van der Waals surface area contributed by atoms with Gasteiger partial charge in [-0.2, -0.15) is 13.2 Å². The smallest absolute Gasteiger partial charge is 0.380 e. The Hall–Kier alpha value is -2.32. The van der Waals surface area contributed by atoms with Crippen LogP contribution in [-0.2, 0) is 11.0 Å². The van der Waals surface area contributed by atoms with Crippen LogP contribution in [-0.4, -0.2) is 23.4 Å². The third-order valence-corrected chi connectivity index (χ3v) is 2.86. The van der Waals surface area contributed by atoms with E-state index in [2.05, 4.69) is 10.6 Å². The van der Waals surface area contributed by atoms with Gasteiger partial charge in [-0.3, -0.25) is 14.9 Å². The van der Waals surface area contributed by atoms with Gasteiger partial charge in [0.1, 0.15) is 0 Å². The number of non-ortho nitro benzene ring substituents is 1. The van der Waals surface area contributed by atoms with Gasteiger partial charge in [-0.25, -0.2) is 0 Å². The lowest BCUT2D eigenvalue weighted by molar-refractivity contribution is -0.385. The van der Waals surface area contributed by atoms with Gasteiger partial charge in [0.05, 0.1) is 16.5 Å². The summed E-state index contributed by atoms with van der Waals surface area (Å²) in [5.41, 5.74) is -2.03. The zero-order chi connectivity index (χ0) is 14.9. The van der Waals surface area contributed by atoms with E-state index in [0.717, 1.165) is 12.1 Å². The molecule has 1 aromatic rings. The van der Waals surface area contributed by atoms with Gasteiger partial charge in [0.15, 0.2) is 0 Å². The van der Waals surface area contributed by atoms with Crippen LogP contribution < -0.4 is 10.6 Å². The van der Waals surface area contributed by atoms with Crippen LogP contribution in [0, 0.1) is 10.1 Å². The molecule has 0 saturated carbocycles. The van der Waals surface area contributed by atoms with Crippen LogP contribution in [0.1, 0.15) is 12.0 Å². The van der Waals surface area contributed by atoms with E-state index in [0.29, 0.717) is 6.07 Å². The second-order valence-electron chi connectivity index (χ2n) is 4.33. The molecule has 2 rings (SSSR count). The number of rotatable bonds is 3. The molecule has 1 aromatic carbocycles. The van der Waals surface area contributed by atoms with Crippen LogP contribution in [0.25, 0.3) is 0 Å². The molecule has 1 heterocycles. The lowest BCUT2D eigenvalue weighted by Gasteiger charge is -2.17. The summed E-state index contributed by atoms with van der Waals surface area (Å²) >= 11 is 0. The molecule has 1 aliphatic heterocycles. The van der Waals surface area contributed by atoms with Crippen molar-refractivity contribution >= 4 is 17.3 Å². The van der Waals surface area contributed by atoms with Gasteiger partial charge >= 0.3 is 6.18 Å². The van der Waals surface area contributed by atoms with E-state index in [1.807, 2.05) is 0 Å². The zero-order valence-corrected chi connectivity index (χ0v) is 10.0. The van der Waals surface area contributed by atoms with Gasteiger partial charge in [-0.1, -0.05) is 0 Å². The van der Waals surface area contributed by atoms with Crippen LogP contribution in [0.5, 0.6) is 0 Å². The fourth-order valence-corrected chi connectivity index (χ4v) is 1.93. The van der Waals surface area contributed by atoms with Crippen molar-refractivity contribution < 1.29 is 22.9 Å². The van der Waals surface area contributed by atoms with Crippen molar-refractivity contribution in [2.45, 2.75) is 18.6 Å². The third-order valence-electron chi connectivity index (χ3n) is 2.86. The zero-order valence-electron chi connectivity index (χ0n) is 10.0. The van der Waals surface area contributed by atoms with Crippen LogP contribution >= 0.6 is 0 Å². The molecular formula is C11H10F3N3O3. The summed E-state index contributed by atoms with van der Waals surface area (Å²) in [6, 6.07) is 2.00. The number of hydrogen-bond donors (Lipinski definition) is 2. The largest absolute Gasteiger partial charge is 0.418 e. The number of alkyl halides is 3. The van der Waals surface area contributed by atoms with Crippen LogP contribution in [0.2, 0.25) is 0 Å². The molecule has 0 spiro atoms. The Morgan fingerprint density at radius 2 is 2.10 bits per heavy atom. The first-order valence-electron chi connectivity index (χ1n) is 5.66. The fraction of sp³-hybridized carbons (Fsp3) is 0.364. The predicted molar refractivity (Wildman–Crippen MR) is 63.1 cm³/mol. The van der Waals surface area contributed by atoms with Gasteiger partial charge in [0, 0.05) is 30.8 Å². The molecule has 6 nitrogen and oxygen atoms in total. The summed E-state index contributed by atoms with van der Waals surface area (Å²) in [7, 11) is 0. The Kier molecular flexibility index (Phi) is 3.51. The number of anilines is 1. The monoisotopic (exact) mass is 289 g/mol. The summed E-state index contributed by atoms with van der Waals surface area (Å²) < 4.78 is 38.7. The molecule has 2 N–H and O–H groups in total. The maximum Gasteiger partial charge on any atom is 0.418 e. The highest BCUT2D eigenvalue weighted by Gasteiger charge is 2.36. The van der Waals surface area contributed by atoms with Gasteiger partial charge in [-0.15, -0.1) is 0 Å². The molecule has 0 radical (unpaired) electrons. The Bertz CT molecular complexity index is 560. The molecule has 1 amide bonds. The number of carbonyl (C=O) groups excluding carboxylic acids is 1. The van der Waals surface area contributed by atoms with Crippen molar-refractivity contribution in [3.8, 4) is 0 Å².